The van der Waals surface area contributed by atoms with Crippen LogP contribution in [0.3, 0.4) is 0 Å². The van der Waals surface area contributed by atoms with Gasteiger partial charge in [-0.2, -0.15) is 0 Å². The highest BCUT2D eigenvalue weighted by Gasteiger charge is 2.22. The van der Waals surface area contributed by atoms with Gasteiger partial charge >= 0.3 is 0 Å². The van der Waals surface area contributed by atoms with Gasteiger partial charge in [-0.3, -0.25) is 0 Å². The highest BCUT2D eigenvalue weighted by atomic mass is 19.1. The number of halogens is 3. The van der Waals surface area contributed by atoms with Crippen molar-refractivity contribution < 1.29 is 13.2 Å². The van der Waals surface area contributed by atoms with Crippen LogP contribution >= 0.6 is 0 Å². The van der Waals surface area contributed by atoms with E-state index in [0.29, 0.717) is 11.5 Å². The van der Waals surface area contributed by atoms with Crippen molar-refractivity contribution >= 4 is 0 Å². The lowest BCUT2D eigenvalue weighted by molar-refractivity contribution is 0.346. The first-order valence-electron chi connectivity index (χ1n) is 7.79. The normalized spacial score (nSPS) is 21.8. The molecule has 0 nitrogen and oxygen atoms in total. The van der Waals surface area contributed by atoms with E-state index in [0.717, 1.165) is 31.2 Å². The van der Waals surface area contributed by atoms with Gasteiger partial charge in [-0.25, -0.2) is 13.2 Å². The highest BCUT2D eigenvalue weighted by molar-refractivity contribution is 5.65. The van der Waals surface area contributed by atoms with Crippen LogP contribution in [0.5, 0.6) is 0 Å². The molecule has 0 N–H and O–H groups in total. The van der Waals surface area contributed by atoms with E-state index in [4.69, 9.17) is 0 Å². The molecule has 116 valence electrons. The third-order valence-corrected chi connectivity index (χ3v) is 4.68. The molecule has 1 aliphatic carbocycles. The van der Waals surface area contributed by atoms with Crippen LogP contribution in [0.15, 0.2) is 36.4 Å². The Morgan fingerprint density at radius 2 is 1.36 bits per heavy atom. The molecule has 1 fully saturated rings. The Morgan fingerprint density at radius 3 is 1.91 bits per heavy atom. The SMILES string of the molecule is CC1CCC(c2cc(F)c(-c3ccc(F)cc3)c(F)c2)CC1. The number of rotatable bonds is 2. The third kappa shape index (κ3) is 3.03. The Morgan fingerprint density at radius 1 is 0.818 bits per heavy atom. The van der Waals surface area contributed by atoms with Crippen LogP contribution in [-0.4, -0.2) is 0 Å². The van der Waals surface area contributed by atoms with Crippen LogP contribution in [-0.2, 0) is 0 Å². The van der Waals surface area contributed by atoms with E-state index >= 15 is 0 Å². The molecule has 0 saturated heterocycles. The van der Waals surface area contributed by atoms with E-state index in [1.165, 1.54) is 36.4 Å². The highest BCUT2D eigenvalue weighted by Crippen LogP contribution is 2.37. The van der Waals surface area contributed by atoms with E-state index in [-0.39, 0.29) is 11.5 Å². The van der Waals surface area contributed by atoms with Crippen molar-refractivity contribution in [3.63, 3.8) is 0 Å². The van der Waals surface area contributed by atoms with Crippen LogP contribution in [0.2, 0.25) is 0 Å². The first-order valence-corrected chi connectivity index (χ1v) is 7.79. The maximum absolute atomic E-state index is 14.4. The lowest BCUT2D eigenvalue weighted by atomic mass is 9.79. The summed E-state index contributed by atoms with van der Waals surface area (Å²) in [5.41, 5.74) is 1.03. The van der Waals surface area contributed by atoms with Crippen LogP contribution in [0.25, 0.3) is 11.1 Å². The number of hydrogen-bond acceptors (Lipinski definition) is 0. The van der Waals surface area contributed by atoms with E-state index in [9.17, 15) is 13.2 Å². The zero-order chi connectivity index (χ0) is 15.7. The first kappa shape index (κ1) is 15.1. The lowest BCUT2D eigenvalue weighted by Gasteiger charge is -2.26. The summed E-state index contributed by atoms with van der Waals surface area (Å²) in [5.74, 6) is -0.620. The molecule has 0 aromatic heterocycles. The van der Waals surface area contributed by atoms with E-state index in [1.807, 2.05) is 0 Å². The second kappa shape index (κ2) is 6.15. The molecule has 0 radical (unpaired) electrons. The zero-order valence-electron chi connectivity index (χ0n) is 12.6. The summed E-state index contributed by atoms with van der Waals surface area (Å²) in [6, 6.07) is 8.12. The molecule has 0 atom stereocenters. The predicted octanol–water partition coefficient (Wildman–Crippen LogP) is 6.06. The van der Waals surface area contributed by atoms with Gasteiger partial charge in [0.05, 0.1) is 5.56 Å². The fraction of sp³-hybridized carbons (Fsp3) is 0.368. The van der Waals surface area contributed by atoms with Gasteiger partial charge in [0.1, 0.15) is 17.5 Å². The van der Waals surface area contributed by atoms with Crippen molar-refractivity contribution in [2.45, 2.75) is 38.5 Å². The molecule has 1 saturated carbocycles. The molecular formula is C19H19F3. The average molecular weight is 304 g/mol. The van der Waals surface area contributed by atoms with Crippen LogP contribution < -0.4 is 0 Å². The molecule has 0 bridgehead atoms. The molecule has 3 rings (SSSR count). The molecular weight excluding hydrogens is 285 g/mol. The minimum atomic E-state index is -0.569. The molecule has 0 aliphatic heterocycles. The molecule has 2 aromatic rings. The summed E-state index contributed by atoms with van der Waals surface area (Å²) >= 11 is 0. The summed E-state index contributed by atoms with van der Waals surface area (Å²) in [7, 11) is 0. The third-order valence-electron chi connectivity index (χ3n) is 4.68. The van der Waals surface area contributed by atoms with Gasteiger partial charge in [-0.15, -0.1) is 0 Å². The Balaban J connectivity index is 1.93. The van der Waals surface area contributed by atoms with Crippen molar-refractivity contribution in [2.24, 2.45) is 5.92 Å². The Bertz CT molecular complexity index is 630. The van der Waals surface area contributed by atoms with Crippen molar-refractivity contribution in [2.75, 3.05) is 0 Å². The Labute approximate surface area is 129 Å². The fourth-order valence-corrected chi connectivity index (χ4v) is 3.31. The van der Waals surface area contributed by atoms with Gasteiger partial charge in [0, 0.05) is 0 Å². The lowest BCUT2D eigenvalue weighted by Crippen LogP contribution is -2.11. The van der Waals surface area contributed by atoms with Crippen LogP contribution in [0.1, 0.15) is 44.1 Å². The molecule has 0 amide bonds. The van der Waals surface area contributed by atoms with Gasteiger partial charge in [0.15, 0.2) is 0 Å². The summed E-state index contributed by atoms with van der Waals surface area (Å²) in [4.78, 5) is 0. The average Bonchev–Trinajstić information content (AvgIpc) is 2.49. The smallest absolute Gasteiger partial charge is 0.134 e. The summed E-state index contributed by atoms with van der Waals surface area (Å²) < 4.78 is 41.7. The van der Waals surface area contributed by atoms with Crippen molar-refractivity contribution in [1.82, 2.24) is 0 Å². The minimum absolute atomic E-state index is 0.0760. The quantitative estimate of drug-likeness (QED) is 0.632. The first-order chi connectivity index (χ1) is 10.5. The van der Waals surface area contributed by atoms with E-state index in [2.05, 4.69) is 6.92 Å². The Kier molecular flexibility index (Phi) is 4.23. The molecule has 22 heavy (non-hydrogen) atoms. The van der Waals surface area contributed by atoms with Gasteiger partial charge in [0.25, 0.3) is 0 Å². The Hall–Kier alpha value is -1.77. The van der Waals surface area contributed by atoms with Gasteiger partial charge in [-0.05, 0) is 60.1 Å². The van der Waals surface area contributed by atoms with E-state index < -0.39 is 17.5 Å². The molecule has 0 heterocycles. The minimum Gasteiger partial charge on any atom is -0.207 e. The van der Waals surface area contributed by atoms with E-state index in [1.54, 1.807) is 0 Å². The standard InChI is InChI=1S/C19H19F3/c1-12-2-4-13(5-3-12)15-10-17(21)19(18(22)11-15)14-6-8-16(20)9-7-14/h6-13H,2-5H2,1H3. The summed E-state index contributed by atoms with van der Waals surface area (Å²) in [6.45, 7) is 2.22. The van der Waals surface area contributed by atoms with Crippen LogP contribution in [0.4, 0.5) is 13.2 Å². The summed E-state index contributed by atoms with van der Waals surface area (Å²) in [6.07, 6.45) is 4.17. The monoisotopic (exact) mass is 304 g/mol. The van der Waals surface area contributed by atoms with Crippen LogP contribution in [0, 0.1) is 23.4 Å². The molecule has 3 heteroatoms. The number of benzene rings is 2. The van der Waals surface area contributed by atoms with Crippen molar-refractivity contribution in [1.29, 1.82) is 0 Å². The van der Waals surface area contributed by atoms with Crippen molar-refractivity contribution in [3.05, 3.63) is 59.4 Å². The maximum atomic E-state index is 14.4. The molecule has 1 aliphatic rings. The second-order valence-electron chi connectivity index (χ2n) is 6.32. The topological polar surface area (TPSA) is 0 Å². The largest absolute Gasteiger partial charge is 0.207 e. The van der Waals surface area contributed by atoms with Gasteiger partial charge < -0.3 is 0 Å². The van der Waals surface area contributed by atoms with Gasteiger partial charge in [0.2, 0.25) is 0 Å². The van der Waals surface area contributed by atoms with Crippen molar-refractivity contribution in [3.8, 4) is 11.1 Å². The second-order valence-corrected chi connectivity index (χ2v) is 6.32. The summed E-state index contributed by atoms with van der Waals surface area (Å²) in [5, 5.41) is 0. The number of hydrogen-bond donors (Lipinski definition) is 0. The molecule has 2 aromatic carbocycles. The molecule has 0 spiro atoms. The maximum Gasteiger partial charge on any atom is 0.134 e. The van der Waals surface area contributed by atoms with Gasteiger partial charge in [-0.1, -0.05) is 31.9 Å². The zero-order valence-corrected chi connectivity index (χ0v) is 12.6. The predicted molar refractivity (Wildman–Crippen MR) is 82.1 cm³/mol. The molecule has 0 unspecified atom stereocenters. The fourth-order valence-electron chi connectivity index (χ4n) is 3.31.